The third-order valence-electron chi connectivity index (χ3n) is 11.6. The van der Waals surface area contributed by atoms with E-state index in [9.17, 15) is 0 Å². The lowest BCUT2D eigenvalue weighted by atomic mass is 9.68. The molecule has 3 nitrogen and oxygen atoms in total. The monoisotopic (exact) mass is 642 g/mol. The predicted molar refractivity (Wildman–Crippen MR) is 203 cm³/mol. The number of furan rings is 1. The van der Waals surface area contributed by atoms with E-state index in [1.807, 2.05) is 18.2 Å². The molecule has 2 aromatic heterocycles. The third kappa shape index (κ3) is 4.23. The summed E-state index contributed by atoms with van der Waals surface area (Å²) in [5.41, 5.74) is 17.6. The van der Waals surface area contributed by atoms with Crippen LogP contribution in [0.25, 0.3) is 79.3 Å². The number of fused-ring (bicyclic) bond motifs is 9. The van der Waals surface area contributed by atoms with Gasteiger partial charge in [-0.3, -0.25) is 0 Å². The summed E-state index contributed by atoms with van der Waals surface area (Å²) in [6.07, 6.45) is 13.2. The number of rotatable bonds is 4. The summed E-state index contributed by atoms with van der Waals surface area (Å²) in [5, 5.41) is 1.05. The fourth-order valence-electron chi connectivity index (χ4n) is 9.00. The molecule has 4 aliphatic carbocycles. The van der Waals surface area contributed by atoms with Gasteiger partial charge in [0.2, 0.25) is 0 Å². The molecule has 1 fully saturated rings. The van der Waals surface area contributed by atoms with Gasteiger partial charge in [0, 0.05) is 27.7 Å². The average Bonchev–Trinajstić information content (AvgIpc) is 3.80. The van der Waals surface area contributed by atoms with Crippen LogP contribution in [0, 0.1) is 5.92 Å². The minimum absolute atomic E-state index is 0.187. The van der Waals surface area contributed by atoms with Gasteiger partial charge < -0.3 is 4.42 Å². The van der Waals surface area contributed by atoms with Crippen LogP contribution in [0.2, 0.25) is 0 Å². The number of allylic oxidation sites excluding steroid dienone is 2. The first-order valence-corrected chi connectivity index (χ1v) is 18.0. The quantitative estimate of drug-likeness (QED) is 0.192. The number of nitrogens with zero attached hydrogens (tertiary/aromatic N) is 2. The van der Waals surface area contributed by atoms with Gasteiger partial charge >= 0.3 is 0 Å². The molecule has 0 aliphatic heterocycles. The minimum atomic E-state index is 0.187. The van der Waals surface area contributed by atoms with Crippen molar-refractivity contribution < 1.29 is 4.42 Å². The zero-order valence-electron chi connectivity index (χ0n) is 27.7. The molecule has 50 heavy (non-hydrogen) atoms. The SMILES string of the molecule is C1=C2C=c3c(oc4c(-c5ccc(-c6cccc(-c7ccc8c(c7)-c7ccccc7C87CCCCC7)c6)cc5)nc(-c5ccccc5)nc34)=C[C@H]12. The summed E-state index contributed by atoms with van der Waals surface area (Å²) in [6.45, 7) is 0. The number of aromatic nitrogens is 2. The molecule has 0 N–H and O–H groups in total. The van der Waals surface area contributed by atoms with E-state index in [-0.39, 0.29) is 5.41 Å². The fourth-order valence-corrected chi connectivity index (χ4v) is 9.00. The highest BCUT2D eigenvalue weighted by Crippen LogP contribution is 2.56. The zero-order valence-corrected chi connectivity index (χ0v) is 27.7. The first kappa shape index (κ1) is 28.1. The molecule has 2 heterocycles. The lowest BCUT2D eigenvalue weighted by molar-refractivity contribution is 0.353. The first-order valence-electron chi connectivity index (χ1n) is 18.0. The molecule has 5 aromatic carbocycles. The topological polar surface area (TPSA) is 38.9 Å². The summed E-state index contributed by atoms with van der Waals surface area (Å²) in [7, 11) is 0. The van der Waals surface area contributed by atoms with E-state index in [0.29, 0.717) is 11.7 Å². The summed E-state index contributed by atoms with van der Waals surface area (Å²) in [5.74, 6) is 1.10. The molecule has 1 spiro atoms. The molecule has 7 aromatic rings. The number of benzene rings is 5. The van der Waals surface area contributed by atoms with E-state index in [2.05, 4.69) is 121 Å². The molecule has 11 rings (SSSR count). The maximum Gasteiger partial charge on any atom is 0.180 e. The molecule has 0 saturated heterocycles. The van der Waals surface area contributed by atoms with Crippen molar-refractivity contribution in [2.24, 2.45) is 5.92 Å². The van der Waals surface area contributed by atoms with E-state index in [4.69, 9.17) is 14.4 Å². The van der Waals surface area contributed by atoms with Crippen LogP contribution in [-0.4, -0.2) is 9.97 Å². The van der Waals surface area contributed by atoms with Crippen molar-refractivity contribution in [1.82, 2.24) is 9.97 Å². The van der Waals surface area contributed by atoms with Crippen LogP contribution < -0.4 is 10.6 Å². The maximum absolute atomic E-state index is 6.49. The Morgan fingerprint density at radius 1 is 0.560 bits per heavy atom. The van der Waals surface area contributed by atoms with Crippen molar-refractivity contribution in [3.63, 3.8) is 0 Å². The zero-order chi connectivity index (χ0) is 32.8. The van der Waals surface area contributed by atoms with Gasteiger partial charge in [0.25, 0.3) is 0 Å². The van der Waals surface area contributed by atoms with E-state index in [1.54, 1.807) is 0 Å². The smallest absolute Gasteiger partial charge is 0.180 e. The van der Waals surface area contributed by atoms with Crippen molar-refractivity contribution in [2.45, 2.75) is 37.5 Å². The number of hydrogen-bond acceptors (Lipinski definition) is 3. The van der Waals surface area contributed by atoms with Crippen LogP contribution in [0.1, 0.15) is 43.2 Å². The van der Waals surface area contributed by atoms with Crippen LogP contribution in [0.3, 0.4) is 0 Å². The van der Waals surface area contributed by atoms with Gasteiger partial charge in [-0.05, 0) is 87.2 Å². The van der Waals surface area contributed by atoms with E-state index >= 15 is 0 Å². The Balaban J connectivity index is 0.974. The van der Waals surface area contributed by atoms with Crippen LogP contribution in [-0.2, 0) is 5.41 Å². The standard InChI is InChI=1S/C47H34N2O/c1-3-10-31(11-4-1)46-48-43(45-44(49-46)39-27-35-25-36(35)28-42(39)50-45)30-18-16-29(17-19-30)32-12-9-13-33(24-32)34-20-21-41-38(26-34)37-14-5-6-15-40(37)47(41)22-7-2-8-23-47/h1,3-6,9-21,24-28,36H,2,7-8,22-23H2/t36-/m0/s1. The summed E-state index contributed by atoms with van der Waals surface area (Å²) < 4.78 is 6.49. The van der Waals surface area contributed by atoms with Gasteiger partial charge in [0.15, 0.2) is 11.4 Å². The van der Waals surface area contributed by atoms with Crippen molar-refractivity contribution in [2.75, 3.05) is 0 Å². The van der Waals surface area contributed by atoms with E-state index in [0.717, 1.165) is 38.6 Å². The van der Waals surface area contributed by atoms with Gasteiger partial charge in [-0.15, -0.1) is 0 Å². The van der Waals surface area contributed by atoms with Crippen LogP contribution in [0.4, 0.5) is 0 Å². The van der Waals surface area contributed by atoms with Crippen molar-refractivity contribution in [3.8, 4) is 56.0 Å². The molecule has 4 aliphatic rings. The predicted octanol–water partition coefficient (Wildman–Crippen LogP) is 10.3. The van der Waals surface area contributed by atoms with Gasteiger partial charge in [-0.2, -0.15) is 0 Å². The fraction of sp³-hybridized carbons (Fsp3) is 0.149. The Morgan fingerprint density at radius 2 is 1.26 bits per heavy atom. The Hall–Kier alpha value is -5.80. The van der Waals surface area contributed by atoms with Crippen LogP contribution in [0.5, 0.6) is 0 Å². The summed E-state index contributed by atoms with van der Waals surface area (Å²) in [4.78, 5) is 10.1. The molecule has 1 atom stereocenters. The van der Waals surface area contributed by atoms with Gasteiger partial charge in [0.1, 0.15) is 16.6 Å². The third-order valence-corrected chi connectivity index (χ3v) is 11.6. The van der Waals surface area contributed by atoms with Gasteiger partial charge in [-0.1, -0.05) is 135 Å². The highest BCUT2D eigenvalue weighted by Gasteiger charge is 2.43. The molecule has 0 radical (unpaired) electrons. The minimum Gasteiger partial charge on any atom is -0.452 e. The molecular formula is C47H34N2O. The highest BCUT2D eigenvalue weighted by molar-refractivity contribution is 5.92. The molecule has 0 unspecified atom stereocenters. The van der Waals surface area contributed by atoms with Crippen molar-refractivity contribution in [3.05, 3.63) is 155 Å². The molecule has 238 valence electrons. The van der Waals surface area contributed by atoms with E-state index < -0.39 is 0 Å². The molecular weight excluding hydrogens is 609 g/mol. The van der Waals surface area contributed by atoms with Crippen LogP contribution in [0.15, 0.2) is 137 Å². The molecule has 0 bridgehead atoms. The lowest BCUT2D eigenvalue weighted by Gasteiger charge is -2.36. The van der Waals surface area contributed by atoms with Crippen molar-refractivity contribution in [1.29, 1.82) is 0 Å². The Labute approximate surface area is 291 Å². The maximum atomic E-state index is 6.49. The van der Waals surface area contributed by atoms with Gasteiger partial charge in [-0.25, -0.2) is 9.97 Å². The molecule has 1 saturated carbocycles. The first-order chi connectivity index (χ1) is 24.7. The van der Waals surface area contributed by atoms with Crippen molar-refractivity contribution >= 4 is 23.3 Å². The second-order valence-electron chi connectivity index (χ2n) is 14.4. The molecule has 0 amide bonds. The largest absolute Gasteiger partial charge is 0.452 e. The van der Waals surface area contributed by atoms with E-state index in [1.165, 1.54) is 82.2 Å². The molecule has 3 heteroatoms. The summed E-state index contributed by atoms with van der Waals surface area (Å²) in [6, 6.07) is 44.3. The Morgan fingerprint density at radius 3 is 2.12 bits per heavy atom. The normalized spacial score (nSPS) is 17.6. The van der Waals surface area contributed by atoms with Crippen LogP contribution >= 0.6 is 0 Å². The Bertz CT molecular complexity index is 2670. The average molecular weight is 643 g/mol. The lowest BCUT2D eigenvalue weighted by Crippen LogP contribution is -2.27. The second kappa shape index (κ2) is 10.6. The summed E-state index contributed by atoms with van der Waals surface area (Å²) >= 11 is 0. The van der Waals surface area contributed by atoms with Gasteiger partial charge in [0.05, 0.1) is 0 Å². The number of hydrogen-bond donors (Lipinski definition) is 0. The highest BCUT2D eigenvalue weighted by atomic mass is 16.3. The second-order valence-corrected chi connectivity index (χ2v) is 14.4. The Kier molecular flexibility index (Phi) is 5.95.